The molecule has 0 aliphatic carbocycles. The van der Waals surface area contributed by atoms with Gasteiger partial charge in [0.05, 0.1) is 12.3 Å². The summed E-state index contributed by atoms with van der Waals surface area (Å²) in [5.41, 5.74) is 3.54. The predicted molar refractivity (Wildman–Crippen MR) is 91.9 cm³/mol. The Morgan fingerprint density at radius 1 is 1.33 bits per heavy atom. The highest BCUT2D eigenvalue weighted by atomic mass is 16.5. The second-order valence-electron chi connectivity index (χ2n) is 6.27. The van der Waals surface area contributed by atoms with E-state index in [4.69, 9.17) is 4.74 Å². The van der Waals surface area contributed by atoms with E-state index in [1.165, 1.54) is 0 Å². The maximum Gasteiger partial charge on any atom is 0.274 e. The molecule has 1 amide bonds. The van der Waals surface area contributed by atoms with E-state index in [1.54, 1.807) is 22.8 Å². The van der Waals surface area contributed by atoms with Crippen LogP contribution in [0, 0.1) is 13.8 Å². The average molecular weight is 333 g/mol. The molecule has 132 valence electrons. The highest BCUT2D eigenvalue weighted by Gasteiger charge is 2.21. The van der Waals surface area contributed by atoms with Gasteiger partial charge in [-0.05, 0) is 33.8 Å². The van der Waals surface area contributed by atoms with Crippen LogP contribution in [0.1, 0.15) is 47.3 Å². The van der Waals surface area contributed by atoms with Gasteiger partial charge < -0.3 is 9.64 Å². The van der Waals surface area contributed by atoms with Crippen molar-refractivity contribution >= 4 is 5.91 Å². The number of aryl methyl sites for hydroxylation is 2. The summed E-state index contributed by atoms with van der Waals surface area (Å²) >= 11 is 0. The van der Waals surface area contributed by atoms with Gasteiger partial charge >= 0.3 is 0 Å². The number of ether oxygens (including phenoxy) is 1. The van der Waals surface area contributed by atoms with Gasteiger partial charge in [-0.15, -0.1) is 0 Å². The standard InChI is InChI=1S/C17H27N5O2/c1-12(2)22-8-7-16(19-22)17(23)21(9-10-24-6)11-15-13(3)18-20(5)14(15)4/h7-8,12H,9-11H2,1-6H3. The van der Waals surface area contributed by atoms with Gasteiger partial charge in [-0.25, -0.2) is 0 Å². The van der Waals surface area contributed by atoms with Crippen LogP contribution in [0.5, 0.6) is 0 Å². The minimum atomic E-state index is -0.0888. The van der Waals surface area contributed by atoms with Crippen molar-refractivity contribution in [2.45, 2.75) is 40.3 Å². The molecule has 2 heterocycles. The SMILES string of the molecule is COCCN(Cc1c(C)nn(C)c1C)C(=O)c1ccn(C(C)C)n1. The summed E-state index contributed by atoms with van der Waals surface area (Å²) in [6, 6.07) is 1.99. The van der Waals surface area contributed by atoms with E-state index in [9.17, 15) is 4.79 Å². The van der Waals surface area contributed by atoms with Crippen molar-refractivity contribution in [1.82, 2.24) is 24.5 Å². The highest BCUT2D eigenvalue weighted by Crippen LogP contribution is 2.16. The van der Waals surface area contributed by atoms with Crippen molar-refractivity contribution in [3.05, 3.63) is 34.9 Å². The average Bonchev–Trinajstić information content (AvgIpc) is 3.11. The summed E-state index contributed by atoms with van der Waals surface area (Å²) in [6.45, 7) is 9.55. The summed E-state index contributed by atoms with van der Waals surface area (Å²) in [5, 5.41) is 8.83. The Bertz CT molecular complexity index is 702. The monoisotopic (exact) mass is 333 g/mol. The lowest BCUT2D eigenvalue weighted by Crippen LogP contribution is -2.34. The topological polar surface area (TPSA) is 65.2 Å². The van der Waals surface area contributed by atoms with Gasteiger partial charge in [0.25, 0.3) is 5.91 Å². The summed E-state index contributed by atoms with van der Waals surface area (Å²) < 4.78 is 8.80. The number of amides is 1. The zero-order chi connectivity index (χ0) is 17.9. The largest absolute Gasteiger partial charge is 0.383 e. The van der Waals surface area contributed by atoms with Gasteiger partial charge in [0.1, 0.15) is 5.69 Å². The molecule has 2 aromatic rings. The number of rotatable bonds is 7. The first-order valence-electron chi connectivity index (χ1n) is 8.17. The number of methoxy groups -OCH3 is 1. The van der Waals surface area contributed by atoms with Crippen LogP contribution in [-0.2, 0) is 18.3 Å². The van der Waals surface area contributed by atoms with E-state index < -0.39 is 0 Å². The molecule has 0 saturated carbocycles. The lowest BCUT2D eigenvalue weighted by atomic mass is 10.1. The third-order valence-corrected chi connectivity index (χ3v) is 4.22. The number of hydrogen-bond donors (Lipinski definition) is 0. The molecule has 2 aromatic heterocycles. The Kier molecular flexibility index (Phi) is 5.77. The molecule has 7 nitrogen and oxygen atoms in total. The fourth-order valence-electron chi connectivity index (χ4n) is 2.59. The summed E-state index contributed by atoms with van der Waals surface area (Å²) in [7, 11) is 3.55. The number of carbonyl (C=O) groups excluding carboxylic acids is 1. The molecule has 0 radical (unpaired) electrons. The molecule has 0 spiro atoms. The van der Waals surface area contributed by atoms with Gasteiger partial charge in [0.2, 0.25) is 0 Å². The zero-order valence-electron chi connectivity index (χ0n) is 15.4. The van der Waals surface area contributed by atoms with E-state index in [2.05, 4.69) is 10.2 Å². The quantitative estimate of drug-likeness (QED) is 0.778. The van der Waals surface area contributed by atoms with Crippen molar-refractivity contribution in [3.63, 3.8) is 0 Å². The number of nitrogens with zero attached hydrogens (tertiary/aromatic N) is 5. The second kappa shape index (κ2) is 7.61. The van der Waals surface area contributed by atoms with Crippen LogP contribution in [-0.4, -0.2) is 50.6 Å². The molecular formula is C17H27N5O2. The molecule has 0 atom stereocenters. The second-order valence-corrected chi connectivity index (χ2v) is 6.27. The third-order valence-electron chi connectivity index (χ3n) is 4.22. The van der Waals surface area contributed by atoms with Crippen molar-refractivity contribution in [3.8, 4) is 0 Å². The van der Waals surface area contributed by atoms with Crippen LogP contribution in [0.15, 0.2) is 12.3 Å². The molecule has 0 saturated heterocycles. The lowest BCUT2D eigenvalue weighted by Gasteiger charge is -2.22. The maximum atomic E-state index is 12.9. The summed E-state index contributed by atoms with van der Waals surface area (Å²) in [4.78, 5) is 14.7. The number of carbonyl (C=O) groups is 1. The minimum absolute atomic E-state index is 0.0888. The Morgan fingerprint density at radius 3 is 2.54 bits per heavy atom. The molecule has 0 N–H and O–H groups in total. The molecule has 0 aliphatic heterocycles. The van der Waals surface area contributed by atoms with E-state index >= 15 is 0 Å². The van der Waals surface area contributed by atoms with Crippen molar-refractivity contribution in [2.24, 2.45) is 7.05 Å². The van der Waals surface area contributed by atoms with Crippen LogP contribution in [0.25, 0.3) is 0 Å². The molecule has 0 bridgehead atoms. The van der Waals surface area contributed by atoms with Crippen molar-refractivity contribution in [1.29, 1.82) is 0 Å². The summed E-state index contributed by atoms with van der Waals surface area (Å²) in [6.07, 6.45) is 1.84. The fraction of sp³-hybridized carbons (Fsp3) is 0.588. The van der Waals surface area contributed by atoms with E-state index in [1.807, 2.05) is 45.6 Å². The minimum Gasteiger partial charge on any atom is -0.383 e. The van der Waals surface area contributed by atoms with Crippen LogP contribution in [0.3, 0.4) is 0 Å². The fourth-order valence-corrected chi connectivity index (χ4v) is 2.59. The van der Waals surface area contributed by atoms with Crippen LogP contribution in [0.4, 0.5) is 0 Å². The first-order chi connectivity index (χ1) is 11.3. The van der Waals surface area contributed by atoms with Gasteiger partial charge in [-0.3, -0.25) is 14.2 Å². The van der Waals surface area contributed by atoms with Crippen molar-refractivity contribution in [2.75, 3.05) is 20.3 Å². The first-order valence-corrected chi connectivity index (χ1v) is 8.17. The van der Waals surface area contributed by atoms with Gasteiger partial charge in [0, 0.05) is 50.7 Å². The van der Waals surface area contributed by atoms with Gasteiger partial charge in [-0.1, -0.05) is 0 Å². The van der Waals surface area contributed by atoms with E-state index in [0.29, 0.717) is 25.4 Å². The smallest absolute Gasteiger partial charge is 0.274 e. The van der Waals surface area contributed by atoms with Crippen LogP contribution >= 0.6 is 0 Å². The summed E-state index contributed by atoms with van der Waals surface area (Å²) in [5.74, 6) is -0.0888. The maximum absolute atomic E-state index is 12.9. The van der Waals surface area contributed by atoms with E-state index in [0.717, 1.165) is 17.0 Å². The number of aromatic nitrogens is 4. The molecule has 0 unspecified atom stereocenters. The Morgan fingerprint density at radius 2 is 2.04 bits per heavy atom. The molecule has 0 fully saturated rings. The van der Waals surface area contributed by atoms with E-state index in [-0.39, 0.29) is 11.9 Å². The Labute approximate surface area is 143 Å². The Balaban J connectivity index is 2.24. The van der Waals surface area contributed by atoms with Crippen LogP contribution in [0.2, 0.25) is 0 Å². The normalized spacial score (nSPS) is 11.3. The zero-order valence-corrected chi connectivity index (χ0v) is 15.4. The molecule has 0 aliphatic rings. The lowest BCUT2D eigenvalue weighted by molar-refractivity contribution is 0.0673. The van der Waals surface area contributed by atoms with Gasteiger partial charge in [0.15, 0.2) is 0 Å². The third kappa shape index (κ3) is 3.84. The van der Waals surface area contributed by atoms with Crippen LogP contribution < -0.4 is 0 Å². The predicted octanol–water partition coefficient (Wildman–Crippen LogP) is 2.10. The molecular weight excluding hydrogens is 306 g/mol. The van der Waals surface area contributed by atoms with Gasteiger partial charge in [-0.2, -0.15) is 10.2 Å². The molecule has 24 heavy (non-hydrogen) atoms. The van der Waals surface area contributed by atoms with Crippen molar-refractivity contribution < 1.29 is 9.53 Å². The first kappa shape index (κ1) is 18.2. The molecule has 7 heteroatoms. The molecule has 0 aromatic carbocycles. The number of hydrogen-bond acceptors (Lipinski definition) is 4. The highest BCUT2D eigenvalue weighted by molar-refractivity contribution is 5.92. The molecule has 2 rings (SSSR count). The Hall–Kier alpha value is -2.15.